The second-order valence-electron chi connectivity index (χ2n) is 28.3. The molecule has 0 heterocycles. The lowest BCUT2D eigenvalue weighted by Crippen LogP contribution is -2.30. The number of hydrogen-bond donors (Lipinski definition) is 3. The number of ether oxygens (including phenoxy) is 4. The maximum Gasteiger partial charge on any atom is 0.472 e. The molecule has 564 valence electrons. The molecule has 3 N–H and O–H groups in total. The number of esters is 4. The fraction of sp³-hybridized carbons (Fsp3) is 0.947. The van der Waals surface area contributed by atoms with Crippen LogP contribution in [-0.2, 0) is 65.4 Å². The van der Waals surface area contributed by atoms with E-state index >= 15 is 0 Å². The van der Waals surface area contributed by atoms with E-state index in [0.717, 1.165) is 108 Å². The number of carbonyl (C=O) groups is 4. The first-order valence-corrected chi connectivity index (χ1v) is 42.5. The minimum atomic E-state index is -4.96. The van der Waals surface area contributed by atoms with Gasteiger partial charge in [0.15, 0.2) is 12.2 Å². The van der Waals surface area contributed by atoms with Crippen LogP contribution in [0.25, 0.3) is 0 Å². The molecule has 0 aromatic rings. The van der Waals surface area contributed by atoms with Gasteiger partial charge in [-0.2, -0.15) is 0 Å². The normalized spacial score (nSPS) is 14.0. The molecule has 0 fully saturated rings. The largest absolute Gasteiger partial charge is 0.472 e. The van der Waals surface area contributed by atoms with Crippen molar-refractivity contribution in [1.82, 2.24) is 0 Å². The molecule has 0 amide bonds. The van der Waals surface area contributed by atoms with E-state index in [9.17, 15) is 43.2 Å². The van der Waals surface area contributed by atoms with Crippen LogP contribution in [0.5, 0.6) is 0 Å². The Morgan fingerprint density at radius 3 is 0.716 bits per heavy atom. The third kappa shape index (κ3) is 70.3. The average molecular weight is 1400 g/mol. The van der Waals surface area contributed by atoms with Crippen molar-refractivity contribution in [2.75, 3.05) is 39.6 Å². The summed E-state index contributed by atoms with van der Waals surface area (Å²) in [5.41, 5.74) is 0. The predicted octanol–water partition coefficient (Wildman–Crippen LogP) is 22.3. The zero-order valence-electron chi connectivity index (χ0n) is 62.0. The van der Waals surface area contributed by atoms with E-state index in [1.54, 1.807) is 0 Å². The highest BCUT2D eigenvalue weighted by Crippen LogP contribution is 2.45. The van der Waals surface area contributed by atoms with E-state index in [1.807, 2.05) is 0 Å². The highest BCUT2D eigenvalue weighted by atomic mass is 31.2. The van der Waals surface area contributed by atoms with Crippen molar-refractivity contribution in [3.05, 3.63) is 0 Å². The maximum atomic E-state index is 13.1. The molecule has 0 aliphatic rings. The van der Waals surface area contributed by atoms with Crippen LogP contribution in [0.1, 0.15) is 395 Å². The number of phosphoric ester groups is 2. The van der Waals surface area contributed by atoms with E-state index in [4.69, 9.17) is 37.0 Å². The molecule has 0 rings (SSSR count). The molecule has 5 atom stereocenters. The van der Waals surface area contributed by atoms with Gasteiger partial charge in [-0.15, -0.1) is 0 Å². The van der Waals surface area contributed by atoms with Gasteiger partial charge >= 0.3 is 39.5 Å². The Labute approximate surface area is 581 Å². The fourth-order valence-corrected chi connectivity index (χ4v) is 13.2. The smallest absolute Gasteiger partial charge is 0.462 e. The molecule has 95 heavy (non-hydrogen) atoms. The van der Waals surface area contributed by atoms with E-state index in [0.29, 0.717) is 25.7 Å². The molecular formula is C76H148O17P2. The van der Waals surface area contributed by atoms with Crippen LogP contribution >= 0.6 is 15.6 Å². The zero-order valence-corrected chi connectivity index (χ0v) is 63.8. The lowest BCUT2D eigenvalue weighted by atomic mass is 10.0. The molecule has 17 nitrogen and oxygen atoms in total. The van der Waals surface area contributed by atoms with E-state index in [1.165, 1.54) is 205 Å². The van der Waals surface area contributed by atoms with Crippen molar-refractivity contribution >= 4 is 39.5 Å². The van der Waals surface area contributed by atoms with Crippen LogP contribution in [0.2, 0.25) is 0 Å². The Morgan fingerprint density at radius 1 is 0.284 bits per heavy atom. The minimum Gasteiger partial charge on any atom is -0.462 e. The molecule has 0 radical (unpaired) electrons. The van der Waals surface area contributed by atoms with Gasteiger partial charge in [-0.05, 0) is 37.5 Å². The number of rotatable bonds is 75. The molecule has 0 bridgehead atoms. The minimum absolute atomic E-state index is 0.107. The van der Waals surface area contributed by atoms with Crippen molar-refractivity contribution in [2.45, 2.75) is 413 Å². The number of aliphatic hydroxyl groups is 1. The molecule has 2 unspecified atom stereocenters. The van der Waals surface area contributed by atoms with Gasteiger partial charge in [0.1, 0.15) is 19.3 Å². The SMILES string of the molecule is CCCCCCCCCCCCCCCCCCC(=O)O[C@H](COC(=O)CCCCCCC)COP(=O)(O)OC[C@H](O)COP(=O)(O)OC[C@@H](COC(=O)CCCCCCCCCCCCCCCCC(C)C)OC(=O)CCCCCCCCCCCCCCCCC(C)C. The number of unbranched alkanes of at least 4 members (excludes halogenated alkanes) is 45. The Bertz CT molecular complexity index is 1840. The van der Waals surface area contributed by atoms with Crippen molar-refractivity contribution in [3.8, 4) is 0 Å². The van der Waals surface area contributed by atoms with E-state index < -0.39 is 97.5 Å². The Morgan fingerprint density at radius 2 is 0.484 bits per heavy atom. The molecule has 19 heteroatoms. The summed E-state index contributed by atoms with van der Waals surface area (Å²) in [6.07, 6.45) is 55.8. The molecule has 0 aliphatic heterocycles. The van der Waals surface area contributed by atoms with Crippen LogP contribution in [0, 0.1) is 11.8 Å². The third-order valence-corrected chi connectivity index (χ3v) is 19.6. The lowest BCUT2D eigenvalue weighted by Gasteiger charge is -2.21. The quantitative estimate of drug-likeness (QED) is 0.0222. The number of carbonyl (C=O) groups excluding carboxylic acids is 4. The van der Waals surface area contributed by atoms with Crippen molar-refractivity contribution in [2.24, 2.45) is 11.8 Å². The molecule has 0 aliphatic carbocycles. The first-order valence-electron chi connectivity index (χ1n) is 39.5. The standard InChI is InChI=1S/C76H148O17P2/c1-7-9-11-13-14-15-16-17-18-19-27-32-37-42-48-54-60-75(80)92-71(64-86-73(78)58-52-44-12-10-8-2)66-90-94(82,83)88-62-70(77)63-89-95(84,85)91-67-72(93-76(81)61-55-49-43-38-33-28-23-21-25-30-35-40-46-51-57-69(5)6)65-87-74(79)59-53-47-41-36-31-26-22-20-24-29-34-39-45-50-56-68(3)4/h68-72,77H,7-67H2,1-6H3,(H,82,83)(H,84,85)/t70-,71+,72+/m0/s1. The molecule has 0 saturated carbocycles. The van der Waals surface area contributed by atoms with Gasteiger partial charge in [0.25, 0.3) is 0 Å². The summed E-state index contributed by atoms with van der Waals surface area (Å²) in [6.45, 7) is 9.56. The summed E-state index contributed by atoms with van der Waals surface area (Å²) in [6, 6.07) is 0. The van der Waals surface area contributed by atoms with Gasteiger partial charge in [0.2, 0.25) is 0 Å². The lowest BCUT2D eigenvalue weighted by molar-refractivity contribution is -0.161. The highest BCUT2D eigenvalue weighted by Gasteiger charge is 2.30. The topological polar surface area (TPSA) is 237 Å². The summed E-state index contributed by atoms with van der Waals surface area (Å²) < 4.78 is 68.3. The summed E-state index contributed by atoms with van der Waals surface area (Å²) in [4.78, 5) is 72.6. The Hall–Kier alpha value is -1.94. The second-order valence-corrected chi connectivity index (χ2v) is 31.3. The molecule has 0 aromatic carbocycles. The zero-order chi connectivity index (χ0) is 70.0. The van der Waals surface area contributed by atoms with Gasteiger partial charge in [-0.3, -0.25) is 37.3 Å². The van der Waals surface area contributed by atoms with Crippen molar-refractivity contribution < 1.29 is 80.2 Å². The highest BCUT2D eigenvalue weighted by molar-refractivity contribution is 7.47. The summed E-state index contributed by atoms with van der Waals surface area (Å²) in [7, 11) is -9.90. The Balaban J connectivity index is 5.14. The van der Waals surface area contributed by atoms with Gasteiger partial charge in [-0.1, -0.05) is 343 Å². The number of aliphatic hydroxyl groups excluding tert-OH is 1. The molecule has 0 spiro atoms. The second kappa shape index (κ2) is 67.9. The van der Waals surface area contributed by atoms with Crippen LogP contribution in [0.15, 0.2) is 0 Å². The van der Waals surface area contributed by atoms with Crippen molar-refractivity contribution in [1.29, 1.82) is 0 Å². The molecular weight excluding hydrogens is 1250 g/mol. The summed E-state index contributed by atoms with van der Waals surface area (Å²) in [5, 5.41) is 10.6. The predicted molar refractivity (Wildman–Crippen MR) is 386 cm³/mol. The van der Waals surface area contributed by atoms with Crippen LogP contribution in [0.4, 0.5) is 0 Å². The van der Waals surface area contributed by atoms with Crippen LogP contribution in [0.3, 0.4) is 0 Å². The van der Waals surface area contributed by atoms with Crippen LogP contribution < -0.4 is 0 Å². The van der Waals surface area contributed by atoms with Gasteiger partial charge < -0.3 is 33.8 Å². The first kappa shape index (κ1) is 93.1. The first-order chi connectivity index (χ1) is 45.9. The van der Waals surface area contributed by atoms with E-state index in [-0.39, 0.29) is 25.7 Å². The number of hydrogen-bond acceptors (Lipinski definition) is 15. The maximum absolute atomic E-state index is 13.1. The average Bonchev–Trinajstić information content (AvgIpc) is 1.40. The summed E-state index contributed by atoms with van der Waals surface area (Å²) in [5.74, 6) is -0.531. The number of phosphoric acid groups is 2. The van der Waals surface area contributed by atoms with Gasteiger partial charge in [0.05, 0.1) is 26.4 Å². The Kier molecular flexibility index (Phi) is 66.5. The monoisotopic (exact) mass is 1400 g/mol. The van der Waals surface area contributed by atoms with Crippen LogP contribution in [-0.4, -0.2) is 96.7 Å². The van der Waals surface area contributed by atoms with Gasteiger partial charge in [0, 0.05) is 25.7 Å². The van der Waals surface area contributed by atoms with Gasteiger partial charge in [-0.25, -0.2) is 9.13 Å². The fourth-order valence-electron chi connectivity index (χ4n) is 11.7. The van der Waals surface area contributed by atoms with Crippen molar-refractivity contribution in [3.63, 3.8) is 0 Å². The third-order valence-electron chi connectivity index (χ3n) is 17.7. The molecule has 0 saturated heterocycles. The van der Waals surface area contributed by atoms with E-state index in [2.05, 4.69) is 41.5 Å². The summed E-state index contributed by atoms with van der Waals surface area (Å²) >= 11 is 0. The molecule has 0 aromatic heterocycles.